The molecule has 0 fully saturated rings. The molecule has 0 amide bonds. The summed E-state index contributed by atoms with van der Waals surface area (Å²) in [5, 5.41) is 3.83. The van der Waals surface area contributed by atoms with Crippen LogP contribution in [0, 0.1) is 19.7 Å². The minimum atomic E-state index is -0.265. The molecule has 0 aliphatic heterocycles. The first-order valence-electron chi connectivity index (χ1n) is 6.76. The molecule has 108 valence electrons. The maximum Gasteiger partial charge on any atom is 0.127 e. The lowest BCUT2D eigenvalue weighted by atomic mass is 9.98. The minimum absolute atomic E-state index is 0.00755. The molecular weight excluding hydrogens is 277 g/mol. The average Bonchev–Trinajstić information content (AvgIpc) is 2.72. The van der Waals surface area contributed by atoms with Gasteiger partial charge in [0.15, 0.2) is 0 Å². The summed E-state index contributed by atoms with van der Waals surface area (Å²) in [5.74, 6) is 1.46. The first-order valence-corrected chi connectivity index (χ1v) is 7.14. The van der Waals surface area contributed by atoms with Gasteiger partial charge in [-0.05, 0) is 45.0 Å². The molecule has 2 rings (SSSR count). The molecule has 1 aromatic carbocycles. The maximum atomic E-state index is 13.9. The van der Waals surface area contributed by atoms with Crippen LogP contribution in [0.2, 0.25) is 5.02 Å². The second-order valence-electron chi connectivity index (χ2n) is 4.88. The van der Waals surface area contributed by atoms with E-state index < -0.39 is 0 Å². The van der Waals surface area contributed by atoms with E-state index in [0.29, 0.717) is 17.0 Å². The van der Waals surface area contributed by atoms with Gasteiger partial charge in [-0.3, -0.25) is 0 Å². The van der Waals surface area contributed by atoms with Crippen molar-refractivity contribution in [1.82, 2.24) is 5.32 Å². The molecule has 2 aromatic rings. The Morgan fingerprint density at radius 3 is 2.65 bits per heavy atom. The molecule has 0 aliphatic carbocycles. The number of hydrogen-bond acceptors (Lipinski definition) is 2. The predicted molar refractivity (Wildman–Crippen MR) is 79.7 cm³/mol. The zero-order chi connectivity index (χ0) is 14.7. The molecule has 20 heavy (non-hydrogen) atoms. The SMILES string of the molecule is CCNC(Cc1c(F)cccc1Cl)c1cc(C)oc1C. The van der Waals surface area contributed by atoms with E-state index in [9.17, 15) is 4.39 Å². The first-order chi connectivity index (χ1) is 9.52. The number of halogens is 2. The maximum absolute atomic E-state index is 13.9. The molecule has 1 atom stereocenters. The summed E-state index contributed by atoms with van der Waals surface area (Å²) in [7, 11) is 0. The van der Waals surface area contributed by atoms with E-state index in [1.807, 2.05) is 26.8 Å². The van der Waals surface area contributed by atoms with Crippen molar-refractivity contribution in [2.45, 2.75) is 33.2 Å². The van der Waals surface area contributed by atoms with Crippen LogP contribution in [0.1, 0.15) is 35.6 Å². The molecule has 1 unspecified atom stereocenters. The van der Waals surface area contributed by atoms with Crippen LogP contribution in [0.5, 0.6) is 0 Å². The molecule has 2 nitrogen and oxygen atoms in total. The summed E-state index contributed by atoms with van der Waals surface area (Å²) in [6.45, 7) is 6.66. The Balaban J connectivity index is 2.33. The van der Waals surface area contributed by atoms with Crippen LogP contribution >= 0.6 is 11.6 Å². The molecule has 0 spiro atoms. The van der Waals surface area contributed by atoms with Crippen molar-refractivity contribution in [2.24, 2.45) is 0 Å². The fourth-order valence-electron chi connectivity index (χ4n) is 2.47. The van der Waals surface area contributed by atoms with Crippen LogP contribution < -0.4 is 5.32 Å². The number of nitrogens with one attached hydrogen (secondary N) is 1. The summed E-state index contributed by atoms with van der Waals surface area (Å²) in [6.07, 6.45) is 0.499. The van der Waals surface area contributed by atoms with Gasteiger partial charge in [0.1, 0.15) is 17.3 Å². The van der Waals surface area contributed by atoms with E-state index in [4.69, 9.17) is 16.0 Å². The lowest BCUT2D eigenvalue weighted by Crippen LogP contribution is -2.23. The van der Waals surface area contributed by atoms with Crippen LogP contribution in [-0.2, 0) is 6.42 Å². The number of aryl methyl sites for hydroxylation is 2. The van der Waals surface area contributed by atoms with Crippen molar-refractivity contribution in [3.8, 4) is 0 Å². The molecule has 0 bridgehead atoms. The molecule has 1 aromatic heterocycles. The molecule has 0 radical (unpaired) electrons. The standard InChI is InChI=1S/C16H19ClFNO/c1-4-19-16(12-8-10(2)20-11(12)3)9-13-14(17)6-5-7-15(13)18/h5-8,16,19H,4,9H2,1-3H3. The highest BCUT2D eigenvalue weighted by molar-refractivity contribution is 6.31. The van der Waals surface area contributed by atoms with Crippen molar-refractivity contribution >= 4 is 11.6 Å². The normalized spacial score (nSPS) is 12.7. The molecule has 1 N–H and O–H groups in total. The van der Waals surface area contributed by atoms with Gasteiger partial charge in [0.2, 0.25) is 0 Å². The summed E-state index contributed by atoms with van der Waals surface area (Å²) < 4.78 is 19.5. The van der Waals surface area contributed by atoms with Gasteiger partial charge >= 0.3 is 0 Å². The summed E-state index contributed by atoms with van der Waals surface area (Å²) in [6, 6.07) is 6.77. The quantitative estimate of drug-likeness (QED) is 0.873. The number of likely N-dealkylation sites (N-methyl/N-ethyl adjacent to an activating group) is 1. The summed E-state index contributed by atoms with van der Waals surface area (Å²) in [4.78, 5) is 0. The smallest absolute Gasteiger partial charge is 0.127 e. The lowest BCUT2D eigenvalue weighted by Gasteiger charge is -2.18. The number of rotatable bonds is 5. The van der Waals surface area contributed by atoms with Crippen LogP contribution in [0.4, 0.5) is 4.39 Å². The minimum Gasteiger partial charge on any atom is -0.466 e. The lowest BCUT2D eigenvalue weighted by molar-refractivity contribution is 0.481. The third-order valence-corrected chi connectivity index (χ3v) is 3.73. The van der Waals surface area contributed by atoms with Gasteiger partial charge in [-0.25, -0.2) is 4.39 Å². The third kappa shape index (κ3) is 3.22. The largest absolute Gasteiger partial charge is 0.466 e. The summed E-state index contributed by atoms with van der Waals surface area (Å²) >= 11 is 6.12. The zero-order valence-electron chi connectivity index (χ0n) is 12.0. The van der Waals surface area contributed by atoms with E-state index >= 15 is 0 Å². The Morgan fingerprint density at radius 2 is 2.10 bits per heavy atom. The van der Waals surface area contributed by atoms with Crippen molar-refractivity contribution < 1.29 is 8.81 Å². The van der Waals surface area contributed by atoms with Gasteiger partial charge < -0.3 is 9.73 Å². The van der Waals surface area contributed by atoms with Gasteiger partial charge in [0, 0.05) is 22.2 Å². The van der Waals surface area contributed by atoms with Crippen molar-refractivity contribution in [1.29, 1.82) is 0 Å². The van der Waals surface area contributed by atoms with Crippen LogP contribution in [-0.4, -0.2) is 6.54 Å². The monoisotopic (exact) mass is 295 g/mol. The van der Waals surface area contributed by atoms with E-state index in [-0.39, 0.29) is 11.9 Å². The average molecular weight is 296 g/mol. The highest BCUT2D eigenvalue weighted by Crippen LogP contribution is 2.28. The fourth-order valence-corrected chi connectivity index (χ4v) is 2.71. The van der Waals surface area contributed by atoms with Crippen molar-refractivity contribution in [3.63, 3.8) is 0 Å². The van der Waals surface area contributed by atoms with Gasteiger partial charge in [-0.15, -0.1) is 0 Å². The number of benzene rings is 1. The second-order valence-corrected chi connectivity index (χ2v) is 5.29. The third-order valence-electron chi connectivity index (χ3n) is 3.38. The van der Waals surface area contributed by atoms with Gasteiger partial charge in [0.25, 0.3) is 0 Å². The number of furan rings is 1. The fraction of sp³-hybridized carbons (Fsp3) is 0.375. The Bertz CT molecular complexity index is 574. The molecule has 0 saturated heterocycles. The Morgan fingerprint density at radius 1 is 1.35 bits per heavy atom. The highest BCUT2D eigenvalue weighted by Gasteiger charge is 2.19. The highest BCUT2D eigenvalue weighted by atomic mass is 35.5. The molecule has 1 heterocycles. The van der Waals surface area contributed by atoms with E-state index in [2.05, 4.69) is 5.32 Å². The summed E-state index contributed by atoms with van der Waals surface area (Å²) in [5.41, 5.74) is 1.60. The van der Waals surface area contributed by atoms with Gasteiger partial charge in [0.05, 0.1) is 0 Å². The van der Waals surface area contributed by atoms with Crippen LogP contribution in [0.3, 0.4) is 0 Å². The molecule has 0 aliphatic rings. The first kappa shape index (κ1) is 15.1. The van der Waals surface area contributed by atoms with E-state index in [1.165, 1.54) is 6.07 Å². The Labute approximate surface area is 123 Å². The second kappa shape index (κ2) is 6.42. The molecular formula is C16H19ClFNO. The molecule has 0 saturated carbocycles. The number of hydrogen-bond donors (Lipinski definition) is 1. The van der Waals surface area contributed by atoms with Gasteiger partial charge in [-0.1, -0.05) is 24.6 Å². The molecule has 4 heteroatoms. The van der Waals surface area contributed by atoms with E-state index in [1.54, 1.807) is 12.1 Å². The zero-order valence-corrected chi connectivity index (χ0v) is 12.7. The Kier molecular flexibility index (Phi) is 4.84. The predicted octanol–water partition coefficient (Wildman–Crippen LogP) is 4.58. The van der Waals surface area contributed by atoms with Gasteiger partial charge in [-0.2, -0.15) is 0 Å². The van der Waals surface area contributed by atoms with Crippen molar-refractivity contribution in [3.05, 3.63) is 57.8 Å². The topological polar surface area (TPSA) is 25.2 Å². The Hall–Kier alpha value is -1.32. The van der Waals surface area contributed by atoms with E-state index in [0.717, 1.165) is 23.6 Å². The van der Waals surface area contributed by atoms with Crippen molar-refractivity contribution in [2.75, 3.05) is 6.54 Å². The van der Waals surface area contributed by atoms with Crippen LogP contribution in [0.15, 0.2) is 28.7 Å². The van der Waals surface area contributed by atoms with Crippen LogP contribution in [0.25, 0.3) is 0 Å².